The number of rotatable bonds is 6. The second-order valence-electron chi connectivity index (χ2n) is 4.18. The molecule has 0 bridgehead atoms. The van der Waals surface area contributed by atoms with Crippen LogP contribution in [0, 0.1) is 5.41 Å². The quantitative estimate of drug-likeness (QED) is 0.685. The first-order valence-electron chi connectivity index (χ1n) is 5.75. The van der Waals surface area contributed by atoms with Gasteiger partial charge in [0.1, 0.15) is 6.61 Å². The van der Waals surface area contributed by atoms with Crippen molar-refractivity contribution in [1.29, 1.82) is 0 Å². The first-order valence-corrected chi connectivity index (χ1v) is 5.75. The van der Waals surface area contributed by atoms with Crippen LogP contribution in [0.15, 0.2) is 12.8 Å². The van der Waals surface area contributed by atoms with Crippen molar-refractivity contribution in [2.45, 2.75) is 45.6 Å². The predicted octanol–water partition coefficient (Wildman–Crippen LogP) is 2.23. The minimum atomic E-state index is -0.322. The maximum absolute atomic E-state index is 11.9. The van der Waals surface area contributed by atoms with Gasteiger partial charge in [-0.1, -0.05) is 33.3 Å². The molecule has 0 aromatic carbocycles. The van der Waals surface area contributed by atoms with Gasteiger partial charge in [0.25, 0.3) is 0 Å². The topological polar surface area (TPSA) is 38.3 Å². The minimum Gasteiger partial charge on any atom is -0.463 e. The summed E-state index contributed by atoms with van der Waals surface area (Å²) in [6.07, 6.45) is 5.46. The largest absolute Gasteiger partial charge is 0.463 e. The minimum absolute atomic E-state index is 0.0365. The second-order valence-corrected chi connectivity index (χ2v) is 4.18. The van der Waals surface area contributed by atoms with Gasteiger partial charge in [0.15, 0.2) is 0 Å². The molecule has 1 atom stereocenters. The molecule has 0 aromatic heterocycles. The SMILES string of the molecule is C=CN[C@H]1COC(=O)C1(CCC)CCC. The van der Waals surface area contributed by atoms with Gasteiger partial charge in [-0.15, -0.1) is 0 Å². The van der Waals surface area contributed by atoms with E-state index in [9.17, 15) is 4.79 Å². The van der Waals surface area contributed by atoms with Crippen molar-refractivity contribution in [3.8, 4) is 0 Å². The van der Waals surface area contributed by atoms with E-state index in [2.05, 4.69) is 25.7 Å². The standard InChI is InChI=1S/C12H21NO2/c1-4-7-12(8-5-2)10(13-6-3)9-15-11(12)14/h6,10,13H,3-5,7-9H2,1-2H3/t10-/m0/s1. The maximum atomic E-state index is 11.9. The number of cyclic esters (lactones) is 1. The normalized spacial score (nSPS) is 23.6. The molecule has 1 heterocycles. The van der Waals surface area contributed by atoms with Gasteiger partial charge in [0.05, 0.1) is 11.5 Å². The Morgan fingerprint density at radius 3 is 2.60 bits per heavy atom. The van der Waals surface area contributed by atoms with E-state index < -0.39 is 0 Å². The van der Waals surface area contributed by atoms with Crippen LogP contribution in [0.3, 0.4) is 0 Å². The molecule has 0 unspecified atom stereocenters. The van der Waals surface area contributed by atoms with Crippen molar-refractivity contribution in [3.05, 3.63) is 12.8 Å². The second kappa shape index (κ2) is 5.19. The van der Waals surface area contributed by atoms with Crippen LogP contribution in [0.25, 0.3) is 0 Å². The van der Waals surface area contributed by atoms with Crippen LogP contribution in [0.5, 0.6) is 0 Å². The highest BCUT2D eigenvalue weighted by Crippen LogP contribution is 2.39. The van der Waals surface area contributed by atoms with Crippen molar-refractivity contribution >= 4 is 5.97 Å². The third-order valence-electron chi connectivity index (χ3n) is 3.17. The Morgan fingerprint density at radius 1 is 1.53 bits per heavy atom. The Bertz CT molecular complexity index is 232. The van der Waals surface area contributed by atoms with Crippen molar-refractivity contribution in [1.82, 2.24) is 5.32 Å². The number of esters is 1. The van der Waals surface area contributed by atoms with Crippen molar-refractivity contribution < 1.29 is 9.53 Å². The molecule has 0 radical (unpaired) electrons. The molecule has 3 heteroatoms. The zero-order valence-corrected chi connectivity index (χ0v) is 9.71. The van der Waals surface area contributed by atoms with Crippen LogP contribution in [0.4, 0.5) is 0 Å². The molecule has 0 spiro atoms. The summed E-state index contributed by atoms with van der Waals surface area (Å²) in [5.41, 5.74) is -0.322. The fourth-order valence-corrected chi connectivity index (χ4v) is 2.52. The van der Waals surface area contributed by atoms with Gasteiger partial charge in [-0.2, -0.15) is 0 Å². The molecule has 0 amide bonds. The lowest BCUT2D eigenvalue weighted by atomic mass is 9.75. The highest BCUT2D eigenvalue weighted by Gasteiger charge is 2.50. The molecule has 1 N–H and O–H groups in total. The summed E-state index contributed by atoms with van der Waals surface area (Å²) in [6, 6.07) is 0.0994. The molecule has 15 heavy (non-hydrogen) atoms. The molecule has 0 aromatic rings. The molecule has 1 aliphatic heterocycles. The van der Waals surface area contributed by atoms with Gasteiger partial charge >= 0.3 is 5.97 Å². The van der Waals surface area contributed by atoms with Gasteiger partial charge in [-0.3, -0.25) is 4.79 Å². The van der Waals surface area contributed by atoms with Crippen LogP contribution in [0.2, 0.25) is 0 Å². The van der Waals surface area contributed by atoms with Crippen molar-refractivity contribution in [3.63, 3.8) is 0 Å². The molecule has 0 aliphatic carbocycles. The summed E-state index contributed by atoms with van der Waals surface area (Å²) in [7, 11) is 0. The number of nitrogens with one attached hydrogen (secondary N) is 1. The molecular formula is C12H21NO2. The van der Waals surface area contributed by atoms with E-state index in [0.29, 0.717) is 6.61 Å². The van der Waals surface area contributed by atoms with E-state index in [1.54, 1.807) is 6.20 Å². The van der Waals surface area contributed by atoms with Crippen LogP contribution < -0.4 is 5.32 Å². The van der Waals surface area contributed by atoms with E-state index in [1.165, 1.54) is 0 Å². The smallest absolute Gasteiger partial charge is 0.314 e. The molecule has 1 fully saturated rings. The molecule has 1 aliphatic rings. The van der Waals surface area contributed by atoms with Crippen LogP contribution in [-0.2, 0) is 9.53 Å². The molecule has 86 valence electrons. The van der Waals surface area contributed by atoms with Gasteiger partial charge in [0.2, 0.25) is 0 Å². The zero-order chi connectivity index (χ0) is 11.3. The number of hydrogen-bond acceptors (Lipinski definition) is 3. The van der Waals surface area contributed by atoms with Gasteiger partial charge in [-0.05, 0) is 19.0 Å². The summed E-state index contributed by atoms with van der Waals surface area (Å²) in [5.74, 6) is -0.0365. The fourth-order valence-electron chi connectivity index (χ4n) is 2.52. The van der Waals surface area contributed by atoms with Crippen LogP contribution in [0.1, 0.15) is 39.5 Å². The van der Waals surface area contributed by atoms with Gasteiger partial charge < -0.3 is 10.1 Å². The lowest BCUT2D eigenvalue weighted by Crippen LogP contribution is -2.44. The number of ether oxygens (including phenoxy) is 1. The molecule has 3 nitrogen and oxygen atoms in total. The summed E-state index contributed by atoms with van der Waals surface area (Å²) in [6.45, 7) is 8.34. The molecular weight excluding hydrogens is 190 g/mol. The average Bonchev–Trinajstić information content (AvgIpc) is 2.49. The van der Waals surface area contributed by atoms with Gasteiger partial charge in [-0.25, -0.2) is 0 Å². The zero-order valence-electron chi connectivity index (χ0n) is 9.71. The van der Waals surface area contributed by atoms with E-state index in [-0.39, 0.29) is 17.4 Å². The maximum Gasteiger partial charge on any atom is 0.314 e. The van der Waals surface area contributed by atoms with Gasteiger partial charge in [0, 0.05) is 0 Å². The fraction of sp³-hybridized carbons (Fsp3) is 0.750. The average molecular weight is 211 g/mol. The predicted molar refractivity (Wildman–Crippen MR) is 60.3 cm³/mol. The molecule has 1 saturated heterocycles. The van der Waals surface area contributed by atoms with E-state index >= 15 is 0 Å². The first-order chi connectivity index (χ1) is 7.21. The Labute approximate surface area is 91.9 Å². The third-order valence-corrected chi connectivity index (χ3v) is 3.17. The molecule has 1 rings (SSSR count). The number of carbonyl (C=O) groups excluding carboxylic acids is 1. The Morgan fingerprint density at radius 2 is 2.13 bits per heavy atom. The van der Waals surface area contributed by atoms with Crippen molar-refractivity contribution in [2.75, 3.05) is 6.61 Å². The van der Waals surface area contributed by atoms with Crippen molar-refractivity contribution in [2.24, 2.45) is 5.41 Å². The monoisotopic (exact) mass is 211 g/mol. The summed E-state index contributed by atoms with van der Waals surface area (Å²) in [4.78, 5) is 11.9. The van der Waals surface area contributed by atoms with Crippen LogP contribution in [-0.4, -0.2) is 18.6 Å². The number of carbonyl (C=O) groups is 1. The number of hydrogen-bond donors (Lipinski definition) is 1. The highest BCUT2D eigenvalue weighted by molar-refractivity contribution is 5.80. The lowest BCUT2D eigenvalue weighted by molar-refractivity contribution is -0.147. The van der Waals surface area contributed by atoms with E-state index in [4.69, 9.17) is 4.74 Å². The summed E-state index contributed by atoms with van der Waals surface area (Å²) < 4.78 is 5.19. The Kier molecular flexibility index (Phi) is 4.18. The van der Waals surface area contributed by atoms with Crippen LogP contribution >= 0.6 is 0 Å². The Balaban J connectivity index is 2.86. The third kappa shape index (κ3) is 2.16. The summed E-state index contributed by atoms with van der Waals surface area (Å²) in [5, 5.41) is 3.15. The summed E-state index contributed by atoms with van der Waals surface area (Å²) >= 11 is 0. The van der Waals surface area contributed by atoms with E-state index in [1.807, 2.05) is 0 Å². The lowest BCUT2D eigenvalue weighted by Gasteiger charge is -2.30. The van der Waals surface area contributed by atoms with E-state index in [0.717, 1.165) is 25.7 Å². The highest BCUT2D eigenvalue weighted by atomic mass is 16.5. The Hall–Kier alpha value is -0.990. The first kappa shape index (κ1) is 12.1. The molecule has 0 saturated carbocycles.